The van der Waals surface area contributed by atoms with Crippen molar-refractivity contribution in [2.75, 3.05) is 0 Å². The maximum atomic E-state index is 13.1. The van der Waals surface area contributed by atoms with Crippen LogP contribution < -0.4 is 15.5 Å². The lowest BCUT2D eigenvalue weighted by atomic mass is 10.1. The van der Waals surface area contributed by atoms with Crippen molar-refractivity contribution in [2.45, 2.75) is 25.9 Å². The van der Waals surface area contributed by atoms with Crippen LogP contribution in [-0.2, 0) is 22.6 Å². The van der Waals surface area contributed by atoms with Gasteiger partial charge in [-0.3, -0.25) is 15.0 Å². The molecule has 3 amide bonds. The van der Waals surface area contributed by atoms with Gasteiger partial charge in [-0.25, -0.2) is 9.80 Å². The predicted octanol–water partition coefficient (Wildman–Crippen LogP) is 3.47. The van der Waals surface area contributed by atoms with Crippen LogP contribution in [-0.4, -0.2) is 29.0 Å². The molecule has 0 heterocycles. The van der Waals surface area contributed by atoms with Crippen LogP contribution in [0.15, 0.2) is 91.0 Å². The molecule has 3 rings (SSSR count). The van der Waals surface area contributed by atoms with E-state index in [-0.39, 0.29) is 18.9 Å². The van der Waals surface area contributed by atoms with Gasteiger partial charge >= 0.3 is 6.09 Å². The molecule has 0 aromatic heterocycles. The SMILES string of the molecule is CC(=O)N[C@@H](Cc1ccccc1)C(=O)NN(Cc1ccccc1)C(=O)Oc1ccccc1. The number of amides is 3. The molecule has 1 atom stereocenters. The smallest absolute Gasteiger partial charge is 0.409 e. The first-order chi connectivity index (χ1) is 15.5. The summed E-state index contributed by atoms with van der Waals surface area (Å²) in [5.41, 5.74) is 4.30. The maximum absolute atomic E-state index is 13.1. The van der Waals surface area contributed by atoms with Crippen molar-refractivity contribution < 1.29 is 19.1 Å². The third-order valence-electron chi connectivity index (χ3n) is 4.57. The normalized spacial score (nSPS) is 11.2. The van der Waals surface area contributed by atoms with E-state index in [0.717, 1.165) is 16.1 Å². The van der Waals surface area contributed by atoms with Crippen LogP contribution in [0.4, 0.5) is 4.79 Å². The van der Waals surface area contributed by atoms with Crippen LogP contribution in [0.3, 0.4) is 0 Å². The summed E-state index contributed by atoms with van der Waals surface area (Å²) in [4.78, 5) is 37.6. The van der Waals surface area contributed by atoms with Gasteiger partial charge in [0.15, 0.2) is 0 Å². The number of hydrogen-bond acceptors (Lipinski definition) is 4. The Morgan fingerprint density at radius 3 is 1.91 bits per heavy atom. The number of para-hydroxylation sites is 1. The quantitative estimate of drug-likeness (QED) is 0.561. The van der Waals surface area contributed by atoms with Crippen LogP contribution >= 0.6 is 0 Å². The Kier molecular flexibility index (Phi) is 7.97. The van der Waals surface area contributed by atoms with Crippen molar-refractivity contribution in [3.63, 3.8) is 0 Å². The van der Waals surface area contributed by atoms with Crippen molar-refractivity contribution in [3.05, 3.63) is 102 Å². The number of carbonyl (C=O) groups is 3. The van der Waals surface area contributed by atoms with E-state index in [2.05, 4.69) is 10.7 Å². The molecule has 0 aliphatic heterocycles. The second-order valence-corrected chi connectivity index (χ2v) is 7.17. The molecule has 0 radical (unpaired) electrons. The highest BCUT2D eigenvalue weighted by molar-refractivity contribution is 5.88. The Bertz CT molecular complexity index is 1030. The Labute approximate surface area is 187 Å². The summed E-state index contributed by atoms with van der Waals surface area (Å²) >= 11 is 0. The average molecular weight is 431 g/mol. The maximum Gasteiger partial charge on any atom is 0.434 e. The Hall–Kier alpha value is -4.13. The fraction of sp³-hybridized carbons (Fsp3) is 0.160. The minimum absolute atomic E-state index is 0.0936. The lowest BCUT2D eigenvalue weighted by Crippen LogP contribution is -2.54. The summed E-state index contributed by atoms with van der Waals surface area (Å²) in [7, 11) is 0. The Morgan fingerprint density at radius 2 is 1.34 bits per heavy atom. The fourth-order valence-corrected chi connectivity index (χ4v) is 3.08. The third kappa shape index (κ3) is 6.98. The summed E-state index contributed by atoms with van der Waals surface area (Å²) in [6, 6.07) is 26.3. The zero-order valence-corrected chi connectivity index (χ0v) is 17.7. The zero-order valence-electron chi connectivity index (χ0n) is 17.7. The first kappa shape index (κ1) is 22.6. The first-order valence-corrected chi connectivity index (χ1v) is 10.2. The Balaban J connectivity index is 1.77. The van der Waals surface area contributed by atoms with Gasteiger partial charge in [-0.1, -0.05) is 78.9 Å². The van der Waals surface area contributed by atoms with Gasteiger partial charge in [0.25, 0.3) is 5.91 Å². The van der Waals surface area contributed by atoms with Gasteiger partial charge in [-0.15, -0.1) is 0 Å². The molecular weight excluding hydrogens is 406 g/mol. The molecule has 32 heavy (non-hydrogen) atoms. The molecule has 164 valence electrons. The molecule has 0 saturated heterocycles. The molecule has 3 aromatic rings. The van der Waals surface area contributed by atoms with Crippen LogP contribution in [0, 0.1) is 0 Å². The van der Waals surface area contributed by atoms with Gasteiger partial charge in [0, 0.05) is 13.3 Å². The van der Waals surface area contributed by atoms with E-state index in [1.165, 1.54) is 6.92 Å². The van der Waals surface area contributed by atoms with Crippen molar-refractivity contribution in [3.8, 4) is 5.75 Å². The molecule has 7 nitrogen and oxygen atoms in total. The zero-order chi connectivity index (χ0) is 22.8. The molecule has 0 aliphatic carbocycles. The number of benzene rings is 3. The van der Waals surface area contributed by atoms with Gasteiger partial charge < -0.3 is 10.1 Å². The minimum atomic E-state index is -0.863. The number of hydrogen-bond donors (Lipinski definition) is 2. The molecule has 7 heteroatoms. The van der Waals surface area contributed by atoms with E-state index in [0.29, 0.717) is 5.75 Å². The molecule has 0 fully saturated rings. The number of carbonyl (C=O) groups excluding carboxylic acids is 3. The van der Waals surface area contributed by atoms with E-state index < -0.39 is 18.0 Å². The second-order valence-electron chi connectivity index (χ2n) is 7.17. The summed E-state index contributed by atoms with van der Waals surface area (Å²) < 4.78 is 5.41. The van der Waals surface area contributed by atoms with Crippen molar-refractivity contribution in [1.82, 2.24) is 15.8 Å². The van der Waals surface area contributed by atoms with Gasteiger partial charge in [-0.05, 0) is 23.3 Å². The predicted molar refractivity (Wildman–Crippen MR) is 120 cm³/mol. The molecule has 0 bridgehead atoms. The number of nitrogens with one attached hydrogen (secondary N) is 2. The van der Waals surface area contributed by atoms with Gasteiger partial charge in [0.1, 0.15) is 11.8 Å². The molecule has 2 N–H and O–H groups in total. The van der Waals surface area contributed by atoms with Crippen LogP contribution in [0.1, 0.15) is 18.1 Å². The van der Waals surface area contributed by atoms with Crippen LogP contribution in [0.25, 0.3) is 0 Å². The molecule has 0 aliphatic rings. The average Bonchev–Trinajstić information content (AvgIpc) is 2.80. The van der Waals surface area contributed by atoms with Gasteiger partial charge in [0.2, 0.25) is 5.91 Å². The fourth-order valence-electron chi connectivity index (χ4n) is 3.08. The third-order valence-corrected chi connectivity index (χ3v) is 4.57. The molecule has 0 unspecified atom stereocenters. The lowest BCUT2D eigenvalue weighted by Gasteiger charge is -2.26. The summed E-state index contributed by atoms with van der Waals surface area (Å²) in [6.07, 6.45) is -0.464. The number of hydrazine groups is 1. The van der Waals surface area contributed by atoms with E-state index in [1.807, 2.05) is 66.7 Å². The Morgan fingerprint density at radius 1 is 0.812 bits per heavy atom. The van der Waals surface area contributed by atoms with Crippen molar-refractivity contribution in [2.24, 2.45) is 0 Å². The van der Waals surface area contributed by atoms with E-state index in [9.17, 15) is 14.4 Å². The lowest BCUT2D eigenvalue weighted by molar-refractivity contribution is -0.131. The highest BCUT2D eigenvalue weighted by Gasteiger charge is 2.25. The van der Waals surface area contributed by atoms with Gasteiger partial charge in [-0.2, -0.15) is 0 Å². The highest BCUT2D eigenvalue weighted by Crippen LogP contribution is 2.12. The largest absolute Gasteiger partial charge is 0.434 e. The molecule has 0 saturated carbocycles. The first-order valence-electron chi connectivity index (χ1n) is 10.2. The summed E-state index contributed by atoms with van der Waals surface area (Å²) in [5, 5.41) is 3.76. The standard InChI is InChI=1S/C25H25N3O4/c1-19(29)26-23(17-20-11-5-2-6-12-20)24(30)27-28(18-21-13-7-3-8-14-21)25(31)32-22-15-9-4-10-16-22/h2-16,23H,17-18H2,1H3,(H,26,29)(H,27,30)/t23-/m0/s1. The van der Waals surface area contributed by atoms with Gasteiger partial charge in [0.05, 0.1) is 6.54 Å². The molecule has 0 spiro atoms. The summed E-state index contributed by atoms with van der Waals surface area (Å²) in [5.74, 6) is -0.514. The molecule has 3 aromatic carbocycles. The van der Waals surface area contributed by atoms with Crippen molar-refractivity contribution in [1.29, 1.82) is 0 Å². The summed E-state index contributed by atoms with van der Waals surface area (Å²) in [6.45, 7) is 1.44. The van der Waals surface area contributed by atoms with Crippen LogP contribution in [0.2, 0.25) is 0 Å². The number of rotatable bonds is 7. The highest BCUT2D eigenvalue weighted by atomic mass is 16.6. The number of ether oxygens (including phenoxy) is 1. The monoisotopic (exact) mass is 431 g/mol. The van der Waals surface area contributed by atoms with Crippen LogP contribution in [0.5, 0.6) is 5.75 Å². The molecular formula is C25H25N3O4. The van der Waals surface area contributed by atoms with E-state index in [1.54, 1.807) is 24.3 Å². The topological polar surface area (TPSA) is 87.7 Å². The number of nitrogens with zero attached hydrogens (tertiary/aromatic N) is 1. The van der Waals surface area contributed by atoms with E-state index >= 15 is 0 Å². The van der Waals surface area contributed by atoms with E-state index in [4.69, 9.17) is 4.74 Å². The minimum Gasteiger partial charge on any atom is -0.409 e. The van der Waals surface area contributed by atoms with Crippen molar-refractivity contribution >= 4 is 17.9 Å². The second kappa shape index (κ2) is 11.3.